The van der Waals surface area contributed by atoms with E-state index in [-0.39, 0.29) is 47.0 Å². The van der Waals surface area contributed by atoms with Gasteiger partial charge in [-0.15, -0.1) is 0 Å². The minimum Gasteiger partial charge on any atom is -0.442 e. The molecule has 9 nitrogen and oxygen atoms in total. The molecule has 3 aromatic rings. The van der Waals surface area contributed by atoms with Crippen LogP contribution in [-0.4, -0.2) is 46.5 Å². The second-order valence-corrected chi connectivity index (χ2v) is 7.32. The van der Waals surface area contributed by atoms with E-state index >= 15 is 0 Å². The Hall–Kier alpha value is -4.08. The molecule has 0 radical (unpaired) electrons. The lowest BCUT2D eigenvalue weighted by atomic mass is 10.1. The molecule has 0 spiro atoms. The fourth-order valence-corrected chi connectivity index (χ4v) is 3.82. The van der Waals surface area contributed by atoms with Crippen molar-refractivity contribution in [1.29, 1.82) is 0 Å². The Morgan fingerprint density at radius 3 is 2.81 bits per heavy atom. The lowest BCUT2D eigenvalue weighted by Crippen LogP contribution is -2.33. The number of anilines is 1. The molecule has 1 saturated heterocycles. The number of ketones is 1. The summed E-state index contributed by atoms with van der Waals surface area (Å²) in [5, 5.41) is 2.80. The zero-order valence-electron chi connectivity index (χ0n) is 16.2. The van der Waals surface area contributed by atoms with E-state index in [1.807, 2.05) is 0 Å². The predicted octanol–water partition coefficient (Wildman–Crippen LogP) is 1.53. The molecule has 1 fully saturated rings. The summed E-state index contributed by atoms with van der Waals surface area (Å²) in [6.07, 6.45) is -1.12. The second kappa shape index (κ2) is 6.73. The van der Waals surface area contributed by atoms with Gasteiger partial charge in [0.25, 0.3) is 5.56 Å². The van der Waals surface area contributed by atoms with Crippen LogP contribution in [0.15, 0.2) is 41.2 Å². The van der Waals surface area contributed by atoms with Crippen molar-refractivity contribution in [3.05, 3.63) is 64.0 Å². The highest BCUT2D eigenvalue weighted by Crippen LogP contribution is 2.29. The van der Waals surface area contributed by atoms with E-state index in [0.29, 0.717) is 5.69 Å². The Kier molecular flexibility index (Phi) is 4.10. The highest BCUT2D eigenvalue weighted by Gasteiger charge is 2.34. The lowest BCUT2D eigenvalue weighted by molar-refractivity contribution is -0.119. The number of hydrogen-bond donors (Lipinski definition) is 1. The van der Waals surface area contributed by atoms with E-state index < -0.39 is 29.4 Å². The number of benzene rings is 2. The van der Waals surface area contributed by atoms with Crippen LogP contribution >= 0.6 is 0 Å². The first-order valence-corrected chi connectivity index (χ1v) is 9.47. The summed E-state index contributed by atoms with van der Waals surface area (Å²) in [5.41, 5.74) is 0.545. The third-order valence-electron chi connectivity index (χ3n) is 5.26. The summed E-state index contributed by atoms with van der Waals surface area (Å²) in [6.45, 7) is 1.75. The van der Waals surface area contributed by atoms with Gasteiger partial charge in [0.1, 0.15) is 11.9 Å². The summed E-state index contributed by atoms with van der Waals surface area (Å²) >= 11 is 0. The van der Waals surface area contributed by atoms with Gasteiger partial charge in [0, 0.05) is 12.6 Å². The maximum atomic E-state index is 13.6. The molecule has 2 aromatic carbocycles. The average Bonchev–Trinajstić information content (AvgIpc) is 3.24. The van der Waals surface area contributed by atoms with Crippen LogP contribution in [-0.2, 0) is 9.53 Å². The van der Waals surface area contributed by atoms with Crippen LogP contribution in [0.5, 0.6) is 0 Å². The molecule has 2 aliphatic rings. The minimum atomic E-state index is -0.597. The van der Waals surface area contributed by atoms with Crippen molar-refractivity contribution >= 4 is 34.4 Å². The zero-order chi connectivity index (χ0) is 21.9. The fraction of sp³-hybridized carbons (Fsp3) is 0.190. The van der Waals surface area contributed by atoms with E-state index in [1.54, 1.807) is 6.07 Å². The van der Waals surface area contributed by atoms with Crippen LogP contribution in [0.3, 0.4) is 0 Å². The minimum absolute atomic E-state index is 0.0732. The van der Waals surface area contributed by atoms with E-state index in [4.69, 9.17) is 4.74 Å². The summed E-state index contributed by atoms with van der Waals surface area (Å²) in [7, 11) is 0. The van der Waals surface area contributed by atoms with Gasteiger partial charge < -0.3 is 10.1 Å². The largest absolute Gasteiger partial charge is 0.442 e. The number of nitrogens with zero attached hydrogens (tertiary/aromatic N) is 3. The van der Waals surface area contributed by atoms with Crippen LogP contribution in [0.2, 0.25) is 0 Å². The summed E-state index contributed by atoms with van der Waals surface area (Å²) in [5.74, 6) is -1.42. The van der Waals surface area contributed by atoms with E-state index in [1.165, 1.54) is 36.1 Å². The van der Waals surface area contributed by atoms with Gasteiger partial charge in [0.15, 0.2) is 5.82 Å². The third kappa shape index (κ3) is 2.95. The van der Waals surface area contributed by atoms with Gasteiger partial charge in [-0.05, 0) is 36.4 Å². The second-order valence-electron chi connectivity index (χ2n) is 7.32. The van der Waals surface area contributed by atoms with Gasteiger partial charge in [-0.25, -0.2) is 14.2 Å². The number of nitrogens with one attached hydrogen (secondary N) is 1. The number of rotatable bonds is 3. The molecular weight excluding hydrogens is 407 g/mol. The van der Waals surface area contributed by atoms with Crippen LogP contribution in [0, 0.1) is 5.82 Å². The molecule has 10 heteroatoms. The predicted molar refractivity (Wildman–Crippen MR) is 107 cm³/mol. The fourth-order valence-electron chi connectivity index (χ4n) is 3.82. The highest BCUT2D eigenvalue weighted by molar-refractivity contribution is 6.13. The number of ether oxygens (including phenoxy) is 1. The molecule has 5 rings (SSSR count). The van der Waals surface area contributed by atoms with E-state index in [2.05, 4.69) is 10.3 Å². The monoisotopic (exact) mass is 422 g/mol. The molecular formula is C21H15FN4O5. The molecule has 0 saturated carbocycles. The number of halogens is 1. The molecule has 2 aliphatic heterocycles. The number of amides is 2. The SMILES string of the molecule is CC(=O)NCC1CN(c2ccc3nc4n(c(=O)c3c2)-c2ccc(F)cc2C4=O)C(=O)O1. The van der Waals surface area contributed by atoms with Gasteiger partial charge in [0.05, 0.1) is 35.2 Å². The molecule has 3 heterocycles. The molecule has 31 heavy (non-hydrogen) atoms. The van der Waals surface area contributed by atoms with Crippen molar-refractivity contribution in [3.8, 4) is 5.69 Å². The van der Waals surface area contributed by atoms with Gasteiger partial charge in [-0.3, -0.25) is 23.9 Å². The van der Waals surface area contributed by atoms with Crippen LogP contribution < -0.4 is 15.8 Å². The van der Waals surface area contributed by atoms with E-state index in [9.17, 15) is 23.6 Å². The summed E-state index contributed by atoms with van der Waals surface area (Å²) < 4.78 is 20.0. The number of hydrogen-bond acceptors (Lipinski definition) is 6. The highest BCUT2D eigenvalue weighted by atomic mass is 19.1. The zero-order valence-corrected chi connectivity index (χ0v) is 16.2. The average molecular weight is 422 g/mol. The Balaban J connectivity index is 1.56. The molecule has 2 amide bonds. The van der Waals surface area contributed by atoms with Gasteiger partial charge in [-0.1, -0.05) is 0 Å². The van der Waals surface area contributed by atoms with Crippen molar-refractivity contribution in [2.24, 2.45) is 0 Å². The van der Waals surface area contributed by atoms with Crippen molar-refractivity contribution in [3.63, 3.8) is 0 Å². The maximum Gasteiger partial charge on any atom is 0.414 e. The van der Waals surface area contributed by atoms with Gasteiger partial charge in [-0.2, -0.15) is 0 Å². The number of fused-ring (bicyclic) bond motifs is 4. The maximum absolute atomic E-state index is 13.6. The van der Waals surface area contributed by atoms with Crippen LogP contribution in [0.25, 0.3) is 16.6 Å². The van der Waals surface area contributed by atoms with Gasteiger partial charge in [0.2, 0.25) is 11.7 Å². The van der Waals surface area contributed by atoms with Crippen molar-refractivity contribution < 1.29 is 23.5 Å². The van der Waals surface area contributed by atoms with E-state index in [0.717, 1.165) is 10.6 Å². The molecule has 0 bridgehead atoms. The Morgan fingerprint density at radius 1 is 1.23 bits per heavy atom. The Bertz CT molecular complexity index is 1370. The Morgan fingerprint density at radius 2 is 2.03 bits per heavy atom. The molecule has 1 aromatic heterocycles. The first kappa shape index (κ1) is 18.9. The van der Waals surface area contributed by atoms with Crippen LogP contribution in [0.1, 0.15) is 23.1 Å². The molecule has 1 unspecified atom stereocenters. The number of cyclic esters (lactones) is 1. The summed E-state index contributed by atoms with van der Waals surface area (Å²) in [4.78, 5) is 54.8. The smallest absolute Gasteiger partial charge is 0.414 e. The normalized spacial score (nSPS) is 17.0. The Labute approximate surface area is 174 Å². The lowest BCUT2D eigenvalue weighted by Gasteiger charge is -2.14. The number of carbonyl (C=O) groups excluding carboxylic acids is 3. The quantitative estimate of drug-likeness (QED) is 0.536. The number of aromatic nitrogens is 2. The molecule has 156 valence electrons. The third-order valence-corrected chi connectivity index (χ3v) is 5.26. The topological polar surface area (TPSA) is 111 Å². The molecule has 0 aliphatic carbocycles. The first-order chi connectivity index (χ1) is 14.8. The van der Waals surface area contributed by atoms with Crippen molar-refractivity contribution in [2.45, 2.75) is 13.0 Å². The van der Waals surface area contributed by atoms with Gasteiger partial charge >= 0.3 is 6.09 Å². The number of carbonyl (C=O) groups is 3. The molecule has 1 N–H and O–H groups in total. The van der Waals surface area contributed by atoms with Crippen molar-refractivity contribution in [2.75, 3.05) is 18.0 Å². The molecule has 1 atom stereocenters. The van der Waals surface area contributed by atoms with Crippen molar-refractivity contribution in [1.82, 2.24) is 14.9 Å². The van der Waals surface area contributed by atoms with Crippen LogP contribution in [0.4, 0.5) is 14.9 Å². The first-order valence-electron chi connectivity index (χ1n) is 9.47. The summed E-state index contributed by atoms with van der Waals surface area (Å²) in [6, 6.07) is 8.26. The standard InChI is InChI=1S/C21H15FN4O5/c1-10(27)23-8-13-9-25(21(30)31-13)12-3-4-16-14(7-12)20(29)26-17-5-2-11(22)6-15(17)18(28)19(26)24-16/h2-7,13H,8-9H2,1H3,(H,23,27).